The quantitative estimate of drug-likeness (QED) is 0.623. The Bertz CT molecular complexity index is 993. The summed E-state index contributed by atoms with van der Waals surface area (Å²) in [5.41, 5.74) is -0.666. The van der Waals surface area contributed by atoms with Crippen LogP contribution >= 0.6 is 0 Å². The Balaban J connectivity index is 1.67. The van der Waals surface area contributed by atoms with Gasteiger partial charge >= 0.3 is 6.09 Å². The molecule has 0 aromatic heterocycles. The van der Waals surface area contributed by atoms with Crippen molar-refractivity contribution < 1.29 is 27.1 Å². The van der Waals surface area contributed by atoms with Crippen molar-refractivity contribution in [3.8, 4) is 0 Å². The Morgan fingerprint density at radius 3 is 2.44 bits per heavy atom. The number of benzene rings is 1. The van der Waals surface area contributed by atoms with E-state index < -0.39 is 33.6 Å². The molecule has 1 heterocycles. The number of fused-ring (bicyclic) bond motifs is 1. The number of hydrogen-bond acceptors (Lipinski definition) is 5. The largest absolute Gasteiger partial charge is 0.444 e. The summed E-state index contributed by atoms with van der Waals surface area (Å²) in [6.07, 6.45) is 2.23. The number of sulfonamides is 1. The summed E-state index contributed by atoms with van der Waals surface area (Å²) in [5.74, 6) is -0.597. The van der Waals surface area contributed by atoms with Gasteiger partial charge in [0.15, 0.2) is 0 Å². The van der Waals surface area contributed by atoms with E-state index >= 15 is 0 Å². The van der Waals surface area contributed by atoms with Gasteiger partial charge in [-0.15, -0.1) is 0 Å². The average Bonchev–Trinajstić information content (AvgIpc) is 3.33. The number of amides is 2. The molecule has 0 radical (unpaired) electrons. The lowest BCUT2D eigenvalue weighted by atomic mass is 9.97. The van der Waals surface area contributed by atoms with Crippen LogP contribution in [0.15, 0.2) is 29.2 Å². The maximum Gasteiger partial charge on any atom is 0.410 e. The lowest BCUT2D eigenvalue weighted by Gasteiger charge is -2.31. The molecule has 8 nitrogen and oxygen atoms in total. The fourth-order valence-electron chi connectivity index (χ4n) is 4.87. The van der Waals surface area contributed by atoms with Gasteiger partial charge in [0.05, 0.1) is 4.90 Å². The number of ether oxygens (including phenoxy) is 1. The Hall–Kier alpha value is -2.20. The van der Waals surface area contributed by atoms with Crippen molar-refractivity contribution in [2.45, 2.75) is 76.0 Å². The highest BCUT2D eigenvalue weighted by Crippen LogP contribution is 2.40. The van der Waals surface area contributed by atoms with E-state index in [1.54, 1.807) is 27.8 Å². The van der Waals surface area contributed by atoms with Crippen LogP contribution in [0.4, 0.5) is 9.18 Å². The predicted octanol–water partition coefficient (Wildman–Crippen LogP) is 3.38. The number of rotatable bonds is 7. The van der Waals surface area contributed by atoms with E-state index in [1.807, 2.05) is 6.92 Å². The van der Waals surface area contributed by atoms with Crippen LogP contribution in [0, 0.1) is 17.7 Å². The standard InChI is InChI=1S/C24H36FN3O5S/c1-6-7-21(27(5)23(30)33-24(2,3)4)22(29)26-20-13-8-16-14-28(15-19(16)20)34(31,32)18-11-9-17(25)10-12-18/h9-12,16,19-21H,6-8,13-15H2,1-5H3,(H,26,29)/t16-,19+,20+,21-/m0/s1. The maximum absolute atomic E-state index is 13.2. The monoisotopic (exact) mass is 497 g/mol. The summed E-state index contributed by atoms with van der Waals surface area (Å²) in [7, 11) is -2.16. The van der Waals surface area contributed by atoms with Gasteiger partial charge in [0.2, 0.25) is 15.9 Å². The minimum atomic E-state index is -3.73. The lowest BCUT2D eigenvalue weighted by Crippen LogP contribution is -2.52. The Labute approximate surface area is 201 Å². The summed E-state index contributed by atoms with van der Waals surface area (Å²) in [6, 6.07) is 4.00. The zero-order valence-corrected chi connectivity index (χ0v) is 21.4. The van der Waals surface area contributed by atoms with Crippen molar-refractivity contribution in [1.29, 1.82) is 0 Å². The van der Waals surface area contributed by atoms with Crippen molar-refractivity contribution in [3.05, 3.63) is 30.1 Å². The van der Waals surface area contributed by atoms with Crippen LogP contribution in [0.3, 0.4) is 0 Å². The number of halogens is 1. The first kappa shape index (κ1) is 26.4. The molecule has 3 rings (SSSR count). The van der Waals surface area contributed by atoms with E-state index in [2.05, 4.69) is 5.32 Å². The molecule has 1 aromatic rings. The number of carbonyl (C=O) groups excluding carboxylic acids is 2. The van der Waals surface area contributed by atoms with Crippen LogP contribution in [0.1, 0.15) is 53.4 Å². The van der Waals surface area contributed by atoms with Gasteiger partial charge in [0.25, 0.3) is 0 Å². The third kappa shape index (κ3) is 5.89. The molecular weight excluding hydrogens is 461 g/mol. The predicted molar refractivity (Wildman–Crippen MR) is 126 cm³/mol. The molecule has 1 saturated heterocycles. The third-order valence-corrected chi connectivity index (χ3v) is 8.46. The smallest absolute Gasteiger partial charge is 0.410 e. The highest BCUT2D eigenvalue weighted by molar-refractivity contribution is 7.89. The van der Waals surface area contributed by atoms with Crippen LogP contribution in [0.25, 0.3) is 0 Å². The van der Waals surface area contributed by atoms with Gasteiger partial charge < -0.3 is 10.1 Å². The molecule has 10 heteroatoms. The third-order valence-electron chi connectivity index (χ3n) is 6.62. The highest BCUT2D eigenvalue weighted by atomic mass is 32.2. The summed E-state index contributed by atoms with van der Waals surface area (Å²) in [4.78, 5) is 27.1. The second-order valence-corrected chi connectivity index (χ2v) is 12.2. The summed E-state index contributed by atoms with van der Waals surface area (Å²) in [5, 5.41) is 3.09. The van der Waals surface area contributed by atoms with Crippen molar-refractivity contribution in [3.63, 3.8) is 0 Å². The normalized spacial score (nSPS) is 23.9. The van der Waals surface area contributed by atoms with E-state index in [1.165, 1.54) is 21.3 Å². The van der Waals surface area contributed by atoms with Crippen molar-refractivity contribution in [2.24, 2.45) is 11.8 Å². The fraction of sp³-hybridized carbons (Fsp3) is 0.667. The van der Waals surface area contributed by atoms with Crippen molar-refractivity contribution >= 4 is 22.0 Å². The topological polar surface area (TPSA) is 96.0 Å². The molecule has 2 aliphatic rings. The zero-order valence-electron chi connectivity index (χ0n) is 20.6. The van der Waals surface area contributed by atoms with Crippen molar-refractivity contribution in [2.75, 3.05) is 20.1 Å². The van der Waals surface area contributed by atoms with Crippen LogP contribution in [-0.4, -0.2) is 67.4 Å². The lowest BCUT2D eigenvalue weighted by molar-refractivity contribution is -0.127. The number of nitrogens with zero attached hydrogens (tertiary/aromatic N) is 2. The van der Waals surface area contributed by atoms with Gasteiger partial charge in [0.1, 0.15) is 17.5 Å². The van der Waals surface area contributed by atoms with Gasteiger partial charge in [-0.1, -0.05) is 13.3 Å². The molecule has 1 aliphatic heterocycles. The Morgan fingerprint density at radius 2 is 1.85 bits per heavy atom. The first-order valence-corrected chi connectivity index (χ1v) is 13.3. The number of nitrogens with one attached hydrogen (secondary N) is 1. The molecule has 4 atom stereocenters. The second-order valence-electron chi connectivity index (χ2n) is 10.3. The van der Waals surface area contributed by atoms with E-state index in [9.17, 15) is 22.4 Å². The molecule has 190 valence electrons. The molecule has 1 aliphatic carbocycles. The molecule has 2 amide bonds. The fourth-order valence-corrected chi connectivity index (χ4v) is 6.40. The molecule has 1 N–H and O–H groups in total. The van der Waals surface area contributed by atoms with Crippen LogP contribution in [0.5, 0.6) is 0 Å². The molecule has 1 saturated carbocycles. The molecular formula is C24H36FN3O5S. The molecule has 0 spiro atoms. The number of likely N-dealkylation sites (N-methyl/N-ethyl adjacent to an activating group) is 1. The minimum Gasteiger partial charge on any atom is -0.444 e. The number of hydrogen-bond donors (Lipinski definition) is 1. The molecule has 0 unspecified atom stereocenters. The first-order chi connectivity index (χ1) is 15.8. The van der Waals surface area contributed by atoms with E-state index in [-0.39, 0.29) is 28.7 Å². The second kappa shape index (κ2) is 10.2. The molecule has 1 aromatic carbocycles. The minimum absolute atomic E-state index is 0.00622. The molecule has 34 heavy (non-hydrogen) atoms. The van der Waals surface area contributed by atoms with Crippen LogP contribution in [-0.2, 0) is 19.6 Å². The first-order valence-electron chi connectivity index (χ1n) is 11.9. The van der Waals surface area contributed by atoms with Gasteiger partial charge in [-0.05, 0) is 76.1 Å². The van der Waals surface area contributed by atoms with Gasteiger partial charge in [-0.25, -0.2) is 17.6 Å². The maximum atomic E-state index is 13.2. The summed E-state index contributed by atoms with van der Waals surface area (Å²) in [6.45, 7) is 7.96. The van der Waals surface area contributed by atoms with Gasteiger partial charge in [0, 0.05) is 26.2 Å². The summed E-state index contributed by atoms with van der Waals surface area (Å²) >= 11 is 0. The van der Waals surface area contributed by atoms with E-state index in [4.69, 9.17) is 4.74 Å². The average molecular weight is 498 g/mol. The molecule has 0 bridgehead atoms. The van der Waals surface area contributed by atoms with Crippen LogP contribution in [0.2, 0.25) is 0 Å². The Kier molecular flexibility index (Phi) is 7.92. The zero-order chi connectivity index (χ0) is 25.3. The number of carbonyl (C=O) groups is 2. The highest BCUT2D eigenvalue weighted by Gasteiger charge is 2.47. The van der Waals surface area contributed by atoms with E-state index in [0.29, 0.717) is 25.9 Å². The SMILES string of the molecule is CCC[C@@H](C(=O)N[C@@H]1CC[C@H]2CN(S(=O)(=O)c3ccc(F)cc3)C[C@H]21)N(C)C(=O)OC(C)(C)C. The summed E-state index contributed by atoms with van der Waals surface area (Å²) < 4.78 is 46.2. The van der Waals surface area contributed by atoms with Gasteiger partial charge in [-0.3, -0.25) is 9.69 Å². The van der Waals surface area contributed by atoms with Crippen LogP contribution < -0.4 is 5.32 Å². The van der Waals surface area contributed by atoms with E-state index in [0.717, 1.165) is 25.0 Å². The Morgan fingerprint density at radius 1 is 1.21 bits per heavy atom. The van der Waals surface area contributed by atoms with Crippen molar-refractivity contribution in [1.82, 2.24) is 14.5 Å². The van der Waals surface area contributed by atoms with Gasteiger partial charge in [-0.2, -0.15) is 4.31 Å². The molecule has 2 fully saturated rings.